The maximum absolute atomic E-state index is 12.4. The summed E-state index contributed by atoms with van der Waals surface area (Å²) in [5.74, 6) is -0.272. The van der Waals surface area contributed by atoms with Gasteiger partial charge >= 0.3 is 5.63 Å². The lowest BCUT2D eigenvalue weighted by atomic mass is 10.0. The Labute approximate surface area is 174 Å². The first-order valence-corrected chi connectivity index (χ1v) is 10.0. The molecule has 0 saturated carbocycles. The number of nitrogens with one attached hydrogen (secondary N) is 1. The number of unbranched alkanes of at least 4 members (excludes halogenated alkanes) is 3. The quantitative estimate of drug-likeness (QED) is 0.252. The van der Waals surface area contributed by atoms with Gasteiger partial charge < -0.3 is 9.52 Å². The fraction of sp³-hybridized carbons (Fsp3) is 0.304. The van der Waals surface area contributed by atoms with Crippen LogP contribution in [0.3, 0.4) is 0 Å². The number of benzene rings is 1. The lowest BCUT2D eigenvalue weighted by Gasteiger charge is -2.08. The van der Waals surface area contributed by atoms with E-state index in [9.17, 15) is 14.7 Å². The van der Waals surface area contributed by atoms with Crippen molar-refractivity contribution in [2.45, 2.75) is 46.0 Å². The van der Waals surface area contributed by atoms with E-state index in [0.717, 1.165) is 37.7 Å². The van der Waals surface area contributed by atoms with Crippen molar-refractivity contribution in [2.75, 3.05) is 0 Å². The Morgan fingerprint density at radius 2 is 1.93 bits per heavy atom. The molecule has 0 bridgehead atoms. The molecule has 0 aliphatic rings. The van der Waals surface area contributed by atoms with Crippen LogP contribution in [-0.2, 0) is 6.42 Å². The van der Waals surface area contributed by atoms with Crippen molar-refractivity contribution >= 4 is 22.6 Å². The highest BCUT2D eigenvalue weighted by molar-refractivity contribution is 6.02. The molecular weight excluding hydrogens is 382 g/mol. The lowest BCUT2D eigenvalue weighted by molar-refractivity contribution is 0.0954. The van der Waals surface area contributed by atoms with E-state index in [1.165, 1.54) is 18.5 Å². The van der Waals surface area contributed by atoms with E-state index in [0.29, 0.717) is 22.2 Å². The number of hydrazone groups is 1. The van der Waals surface area contributed by atoms with Crippen LogP contribution in [0.15, 0.2) is 57.0 Å². The highest BCUT2D eigenvalue weighted by atomic mass is 16.4. The number of amides is 1. The molecule has 7 nitrogen and oxygen atoms in total. The summed E-state index contributed by atoms with van der Waals surface area (Å²) >= 11 is 0. The van der Waals surface area contributed by atoms with E-state index in [1.807, 2.05) is 6.07 Å². The van der Waals surface area contributed by atoms with Crippen LogP contribution < -0.4 is 11.1 Å². The molecule has 30 heavy (non-hydrogen) atoms. The molecule has 1 amide bonds. The van der Waals surface area contributed by atoms with E-state index in [-0.39, 0.29) is 11.3 Å². The van der Waals surface area contributed by atoms with Gasteiger partial charge in [0.1, 0.15) is 11.3 Å². The van der Waals surface area contributed by atoms with Gasteiger partial charge in [0, 0.05) is 29.4 Å². The van der Waals surface area contributed by atoms with E-state index >= 15 is 0 Å². The molecule has 0 aliphatic carbocycles. The van der Waals surface area contributed by atoms with Crippen molar-refractivity contribution in [3.8, 4) is 5.75 Å². The predicted molar refractivity (Wildman–Crippen MR) is 116 cm³/mol. The van der Waals surface area contributed by atoms with Crippen LogP contribution in [-0.4, -0.2) is 21.7 Å². The maximum Gasteiger partial charge on any atom is 0.345 e. The van der Waals surface area contributed by atoms with Gasteiger partial charge in [-0.15, -0.1) is 0 Å². The zero-order chi connectivity index (χ0) is 21.5. The zero-order valence-corrected chi connectivity index (χ0v) is 17.1. The number of aryl methyl sites for hydroxylation is 1. The minimum Gasteiger partial charge on any atom is -0.508 e. The molecule has 0 saturated heterocycles. The molecule has 2 N–H and O–H groups in total. The monoisotopic (exact) mass is 407 g/mol. The molecule has 3 rings (SSSR count). The SMILES string of the molecule is CCCCCCc1cc2cc(C(C)=NNC(=O)c3ccncc3)c(=O)oc2cc1O. The van der Waals surface area contributed by atoms with Crippen LogP contribution in [0, 0.1) is 0 Å². The van der Waals surface area contributed by atoms with Gasteiger partial charge in [0.2, 0.25) is 0 Å². The van der Waals surface area contributed by atoms with E-state index in [2.05, 4.69) is 22.4 Å². The van der Waals surface area contributed by atoms with Crippen molar-refractivity contribution < 1.29 is 14.3 Å². The van der Waals surface area contributed by atoms with Gasteiger partial charge in [0.25, 0.3) is 5.91 Å². The van der Waals surface area contributed by atoms with Crippen molar-refractivity contribution in [2.24, 2.45) is 5.10 Å². The number of aromatic hydroxyl groups is 1. The van der Waals surface area contributed by atoms with E-state index in [1.54, 1.807) is 25.1 Å². The molecule has 156 valence electrons. The summed E-state index contributed by atoms with van der Waals surface area (Å²) in [5.41, 5.74) is 3.97. The summed E-state index contributed by atoms with van der Waals surface area (Å²) < 4.78 is 5.37. The third-order valence-corrected chi connectivity index (χ3v) is 4.89. The Bertz CT molecular complexity index is 1120. The number of phenolic OH excluding ortho intramolecular Hbond substituents is 1. The Hall–Kier alpha value is -3.48. The topological polar surface area (TPSA) is 105 Å². The van der Waals surface area contributed by atoms with Crippen LogP contribution in [0.25, 0.3) is 11.0 Å². The first-order chi connectivity index (χ1) is 14.5. The van der Waals surface area contributed by atoms with Gasteiger partial charge in [-0.3, -0.25) is 9.78 Å². The summed E-state index contributed by atoms with van der Waals surface area (Å²) in [6, 6.07) is 8.13. The summed E-state index contributed by atoms with van der Waals surface area (Å²) in [4.78, 5) is 28.4. The Kier molecular flexibility index (Phi) is 6.95. The van der Waals surface area contributed by atoms with Gasteiger partial charge in [0.15, 0.2) is 0 Å². The molecule has 0 atom stereocenters. The average Bonchev–Trinajstić information content (AvgIpc) is 2.75. The molecule has 0 radical (unpaired) electrons. The highest BCUT2D eigenvalue weighted by Gasteiger charge is 2.12. The number of rotatable bonds is 8. The standard InChI is InChI=1S/C23H25N3O4/c1-3-4-5-6-7-17-12-18-13-19(23(29)30-21(18)14-20(17)27)15(2)25-26-22(28)16-8-10-24-11-9-16/h8-14,27H,3-7H2,1-2H3,(H,26,28). The number of aromatic nitrogens is 1. The van der Waals surface area contributed by atoms with Crippen molar-refractivity contribution in [1.82, 2.24) is 10.4 Å². The number of carbonyl (C=O) groups excluding carboxylic acids is 1. The Morgan fingerprint density at radius 3 is 2.67 bits per heavy atom. The van der Waals surface area contributed by atoms with Gasteiger partial charge in [-0.2, -0.15) is 5.10 Å². The minimum atomic E-state index is -0.586. The summed E-state index contributed by atoms with van der Waals surface area (Å²) in [7, 11) is 0. The molecule has 2 aromatic heterocycles. The number of phenols is 1. The van der Waals surface area contributed by atoms with Crippen molar-refractivity contribution in [3.05, 3.63) is 69.8 Å². The number of hydrogen-bond donors (Lipinski definition) is 2. The third-order valence-electron chi connectivity index (χ3n) is 4.89. The van der Waals surface area contributed by atoms with Gasteiger partial charge in [-0.25, -0.2) is 10.2 Å². The summed E-state index contributed by atoms with van der Waals surface area (Å²) in [6.45, 7) is 3.78. The van der Waals surface area contributed by atoms with Crippen LogP contribution in [0.4, 0.5) is 0 Å². The number of carbonyl (C=O) groups is 1. The maximum atomic E-state index is 12.4. The van der Waals surface area contributed by atoms with Gasteiger partial charge in [-0.05, 0) is 49.6 Å². The van der Waals surface area contributed by atoms with Crippen LogP contribution in [0.1, 0.15) is 61.0 Å². The summed E-state index contributed by atoms with van der Waals surface area (Å²) in [6.07, 6.45) is 8.18. The van der Waals surface area contributed by atoms with Crippen molar-refractivity contribution in [3.63, 3.8) is 0 Å². The Balaban J connectivity index is 1.84. The van der Waals surface area contributed by atoms with E-state index < -0.39 is 11.5 Å². The minimum absolute atomic E-state index is 0.130. The zero-order valence-electron chi connectivity index (χ0n) is 17.1. The highest BCUT2D eigenvalue weighted by Crippen LogP contribution is 2.26. The predicted octanol–water partition coefficient (Wildman–Crippen LogP) is 4.17. The molecule has 7 heteroatoms. The smallest absolute Gasteiger partial charge is 0.345 e. The molecule has 3 aromatic rings. The molecule has 0 aliphatic heterocycles. The van der Waals surface area contributed by atoms with Crippen LogP contribution >= 0.6 is 0 Å². The first-order valence-electron chi connectivity index (χ1n) is 10.0. The molecule has 0 spiro atoms. The number of pyridine rings is 1. The van der Waals surface area contributed by atoms with E-state index in [4.69, 9.17) is 4.42 Å². The number of nitrogens with zero attached hydrogens (tertiary/aromatic N) is 2. The largest absolute Gasteiger partial charge is 0.508 e. The van der Waals surface area contributed by atoms with Crippen molar-refractivity contribution in [1.29, 1.82) is 0 Å². The summed E-state index contributed by atoms with van der Waals surface area (Å²) in [5, 5.41) is 15.0. The van der Waals surface area contributed by atoms with Gasteiger partial charge in [-0.1, -0.05) is 26.2 Å². The normalized spacial score (nSPS) is 11.6. The van der Waals surface area contributed by atoms with Gasteiger partial charge in [0.05, 0.1) is 11.3 Å². The van der Waals surface area contributed by atoms with Crippen LogP contribution in [0.5, 0.6) is 5.75 Å². The molecule has 2 heterocycles. The molecule has 1 aromatic carbocycles. The fourth-order valence-corrected chi connectivity index (χ4v) is 3.16. The molecule has 0 fully saturated rings. The molecular formula is C23H25N3O4. The molecule has 0 unspecified atom stereocenters. The fourth-order valence-electron chi connectivity index (χ4n) is 3.16. The first kappa shape index (κ1) is 21.2. The Morgan fingerprint density at radius 1 is 1.17 bits per heavy atom. The second kappa shape index (κ2) is 9.82. The lowest BCUT2D eigenvalue weighted by Crippen LogP contribution is -2.21. The third kappa shape index (κ3) is 5.11. The van der Waals surface area contributed by atoms with Crippen LogP contribution in [0.2, 0.25) is 0 Å². The second-order valence-electron chi connectivity index (χ2n) is 7.15. The number of hydrogen-bond acceptors (Lipinski definition) is 6. The number of fused-ring (bicyclic) bond motifs is 1. The average molecular weight is 407 g/mol. The second-order valence-corrected chi connectivity index (χ2v) is 7.15.